The Balaban J connectivity index is 1.52. The van der Waals surface area contributed by atoms with Gasteiger partial charge in [-0.1, -0.05) is 60.5 Å². The molecule has 1 atom stereocenters. The smallest absolute Gasteiger partial charge is 0.325 e. The number of hydrogen-bond acceptors (Lipinski definition) is 5. The zero-order valence-corrected chi connectivity index (χ0v) is 18.2. The van der Waals surface area contributed by atoms with Gasteiger partial charge in [-0.25, -0.2) is 4.79 Å². The zero-order chi connectivity index (χ0) is 20.8. The fraction of sp³-hybridized carbons (Fsp3) is 0.250. The van der Waals surface area contributed by atoms with Crippen molar-refractivity contribution in [1.82, 2.24) is 10.2 Å². The van der Waals surface area contributed by atoms with Crippen LogP contribution in [0.15, 0.2) is 42.5 Å². The van der Waals surface area contributed by atoms with E-state index in [0.717, 1.165) is 12.2 Å². The van der Waals surface area contributed by atoms with Crippen molar-refractivity contribution in [3.05, 3.63) is 63.1 Å². The molecule has 152 valence electrons. The molecular formula is C20H20Cl2N4O2S. The van der Waals surface area contributed by atoms with Crippen molar-refractivity contribution in [1.29, 1.82) is 0 Å². The summed E-state index contributed by atoms with van der Waals surface area (Å²) >= 11 is 13.1. The molecule has 1 unspecified atom stereocenters. The van der Waals surface area contributed by atoms with Gasteiger partial charge in [0.05, 0.1) is 10.7 Å². The molecule has 1 aromatic heterocycles. The number of aromatic nitrogens is 2. The van der Waals surface area contributed by atoms with Crippen LogP contribution in [0.5, 0.6) is 5.75 Å². The fourth-order valence-corrected chi connectivity index (χ4v) is 3.58. The maximum absolute atomic E-state index is 12.1. The van der Waals surface area contributed by atoms with Gasteiger partial charge in [0.15, 0.2) is 5.01 Å². The number of halogens is 2. The average molecular weight is 451 g/mol. The maximum atomic E-state index is 12.1. The number of ether oxygens (including phenoxy) is 1. The third-order valence-electron chi connectivity index (χ3n) is 4.29. The van der Waals surface area contributed by atoms with E-state index in [9.17, 15) is 4.79 Å². The van der Waals surface area contributed by atoms with Crippen molar-refractivity contribution >= 4 is 51.4 Å². The van der Waals surface area contributed by atoms with E-state index in [4.69, 9.17) is 27.9 Å². The normalized spacial score (nSPS) is 11.7. The molecule has 2 aromatic carbocycles. The highest BCUT2D eigenvalue weighted by atomic mass is 35.5. The third-order valence-corrected chi connectivity index (χ3v) is 5.65. The van der Waals surface area contributed by atoms with Gasteiger partial charge in [0, 0.05) is 5.02 Å². The first-order chi connectivity index (χ1) is 13.9. The molecule has 0 spiro atoms. The molecule has 0 aliphatic heterocycles. The average Bonchev–Trinajstić information content (AvgIpc) is 3.15. The lowest BCUT2D eigenvalue weighted by atomic mass is 9.99. The monoisotopic (exact) mass is 450 g/mol. The second-order valence-electron chi connectivity index (χ2n) is 6.37. The number of nitrogens with zero attached hydrogens (tertiary/aromatic N) is 2. The number of carbonyl (C=O) groups excluding carboxylic acids is 1. The van der Waals surface area contributed by atoms with Gasteiger partial charge in [0.1, 0.15) is 12.4 Å². The molecule has 1 heterocycles. The number of nitrogens with one attached hydrogen (secondary N) is 2. The van der Waals surface area contributed by atoms with Crippen LogP contribution in [-0.2, 0) is 6.61 Å². The van der Waals surface area contributed by atoms with E-state index < -0.39 is 6.03 Å². The highest BCUT2D eigenvalue weighted by molar-refractivity contribution is 7.15. The molecule has 6 nitrogen and oxygen atoms in total. The Morgan fingerprint density at radius 2 is 1.90 bits per heavy atom. The van der Waals surface area contributed by atoms with E-state index in [-0.39, 0.29) is 6.61 Å². The summed E-state index contributed by atoms with van der Waals surface area (Å²) in [6, 6.07) is 12.4. The molecule has 0 fully saturated rings. The molecule has 3 aromatic rings. The third kappa shape index (κ3) is 6.06. The predicted octanol–water partition coefficient (Wildman–Crippen LogP) is 6.58. The number of carbonyl (C=O) groups is 1. The van der Waals surface area contributed by atoms with Gasteiger partial charge < -0.3 is 10.1 Å². The molecule has 9 heteroatoms. The van der Waals surface area contributed by atoms with Gasteiger partial charge in [-0.15, -0.1) is 10.2 Å². The quantitative estimate of drug-likeness (QED) is 0.425. The van der Waals surface area contributed by atoms with E-state index in [1.807, 2.05) is 12.1 Å². The molecule has 0 aliphatic carbocycles. The predicted molar refractivity (Wildman–Crippen MR) is 118 cm³/mol. The van der Waals surface area contributed by atoms with Crippen LogP contribution in [0.2, 0.25) is 10.0 Å². The van der Waals surface area contributed by atoms with Crippen LogP contribution in [0.3, 0.4) is 0 Å². The molecule has 0 aliphatic rings. The zero-order valence-electron chi connectivity index (χ0n) is 15.9. The standard InChI is InChI=1S/C20H20Cl2N4O2S/c1-3-12(2)13-4-7-15(8-5-13)28-11-18-25-26-20(29-18)24-19(27)23-17-9-6-14(21)10-16(17)22/h4-10,12H,3,11H2,1-2H3,(H2,23,24,26,27). The van der Waals surface area contributed by atoms with Gasteiger partial charge >= 0.3 is 6.03 Å². The van der Waals surface area contributed by atoms with Crippen LogP contribution in [-0.4, -0.2) is 16.2 Å². The fourth-order valence-electron chi connectivity index (χ4n) is 2.48. The van der Waals surface area contributed by atoms with Crippen LogP contribution in [0.25, 0.3) is 0 Å². The minimum atomic E-state index is -0.474. The summed E-state index contributed by atoms with van der Waals surface area (Å²) in [6.07, 6.45) is 1.10. The molecule has 2 amide bonds. The largest absolute Gasteiger partial charge is 0.486 e. The van der Waals surface area contributed by atoms with Crippen molar-refractivity contribution in [2.45, 2.75) is 32.8 Å². The minimum absolute atomic E-state index is 0.270. The first-order valence-corrected chi connectivity index (χ1v) is 10.6. The van der Waals surface area contributed by atoms with Crippen LogP contribution in [0.1, 0.15) is 36.8 Å². The van der Waals surface area contributed by atoms with Crippen LogP contribution < -0.4 is 15.4 Å². The van der Waals surface area contributed by atoms with E-state index >= 15 is 0 Å². The molecule has 0 bridgehead atoms. The number of amides is 2. The van der Waals surface area contributed by atoms with Crippen molar-refractivity contribution < 1.29 is 9.53 Å². The SMILES string of the molecule is CCC(C)c1ccc(OCc2nnc(NC(=O)Nc3ccc(Cl)cc3Cl)s2)cc1. The summed E-state index contributed by atoms with van der Waals surface area (Å²) in [6.45, 7) is 4.63. The summed E-state index contributed by atoms with van der Waals surface area (Å²) in [5.41, 5.74) is 1.73. The highest BCUT2D eigenvalue weighted by Gasteiger charge is 2.11. The lowest BCUT2D eigenvalue weighted by molar-refractivity contribution is 0.262. The molecule has 2 N–H and O–H groups in total. The van der Waals surface area contributed by atoms with Gasteiger partial charge in [0.25, 0.3) is 0 Å². The highest BCUT2D eigenvalue weighted by Crippen LogP contribution is 2.26. The molecule has 0 saturated heterocycles. The Morgan fingerprint density at radius 3 is 2.59 bits per heavy atom. The summed E-state index contributed by atoms with van der Waals surface area (Å²) in [5, 5.41) is 15.1. The van der Waals surface area contributed by atoms with Crippen molar-refractivity contribution in [3.8, 4) is 5.75 Å². The first kappa shape index (κ1) is 21.4. The molecular weight excluding hydrogens is 431 g/mol. The number of hydrogen-bond donors (Lipinski definition) is 2. The lowest BCUT2D eigenvalue weighted by Crippen LogP contribution is -2.19. The van der Waals surface area contributed by atoms with E-state index in [1.165, 1.54) is 16.9 Å². The number of urea groups is 1. The van der Waals surface area contributed by atoms with Crippen molar-refractivity contribution in [3.63, 3.8) is 0 Å². The van der Waals surface area contributed by atoms with E-state index in [2.05, 4.69) is 46.8 Å². The molecule has 29 heavy (non-hydrogen) atoms. The lowest BCUT2D eigenvalue weighted by Gasteiger charge is -2.10. The molecule has 0 radical (unpaired) electrons. The first-order valence-electron chi connectivity index (χ1n) is 9.02. The van der Waals surface area contributed by atoms with Crippen LogP contribution in [0.4, 0.5) is 15.6 Å². The van der Waals surface area contributed by atoms with Gasteiger partial charge in [0.2, 0.25) is 5.13 Å². The van der Waals surface area contributed by atoms with Gasteiger partial charge in [-0.2, -0.15) is 0 Å². The second-order valence-corrected chi connectivity index (χ2v) is 8.28. The summed E-state index contributed by atoms with van der Waals surface area (Å²) < 4.78 is 5.75. The van der Waals surface area contributed by atoms with E-state index in [0.29, 0.717) is 31.8 Å². The molecule has 0 saturated carbocycles. The van der Waals surface area contributed by atoms with Crippen LogP contribution in [0, 0.1) is 0 Å². The van der Waals surface area contributed by atoms with Gasteiger partial charge in [-0.3, -0.25) is 5.32 Å². The number of benzene rings is 2. The number of anilines is 2. The van der Waals surface area contributed by atoms with Crippen molar-refractivity contribution in [2.75, 3.05) is 10.6 Å². The summed E-state index contributed by atoms with van der Waals surface area (Å²) in [7, 11) is 0. The van der Waals surface area contributed by atoms with Crippen molar-refractivity contribution in [2.24, 2.45) is 0 Å². The van der Waals surface area contributed by atoms with Crippen LogP contribution >= 0.6 is 34.5 Å². The number of rotatable bonds is 7. The van der Waals surface area contributed by atoms with Gasteiger partial charge in [-0.05, 0) is 48.2 Å². The Bertz CT molecular complexity index is 979. The Labute approximate surface area is 183 Å². The Hall–Kier alpha value is -2.35. The molecule has 3 rings (SSSR count). The Kier molecular flexibility index (Phi) is 7.30. The Morgan fingerprint density at radius 1 is 1.14 bits per heavy atom. The summed E-state index contributed by atoms with van der Waals surface area (Å²) in [4.78, 5) is 12.1. The van der Waals surface area contributed by atoms with E-state index in [1.54, 1.807) is 18.2 Å². The second kappa shape index (κ2) is 9.91. The topological polar surface area (TPSA) is 76.1 Å². The summed E-state index contributed by atoms with van der Waals surface area (Å²) in [5.74, 6) is 1.28. The minimum Gasteiger partial charge on any atom is -0.486 e. The maximum Gasteiger partial charge on any atom is 0.325 e.